The average Bonchev–Trinajstić information content (AvgIpc) is 1.76. The minimum atomic E-state index is -0.0481. The maximum atomic E-state index is 12.9. The summed E-state index contributed by atoms with van der Waals surface area (Å²) in [5, 5.41) is 18.6. The molecule has 0 spiro atoms. The molecule has 0 aliphatic heterocycles. The number of nitrogens with zero attached hydrogens (tertiary/aromatic N) is 2. The van der Waals surface area contributed by atoms with Gasteiger partial charge in [0.2, 0.25) is 0 Å². The fraction of sp³-hybridized carbons (Fsp3) is 0.0952. The Hall–Kier alpha value is -10.9. The van der Waals surface area contributed by atoms with E-state index in [1.807, 2.05) is 30.3 Å². The number of hydrogen-bond donors (Lipinski definition) is 1. The minimum absolute atomic E-state index is 0.0481. The van der Waals surface area contributed by atoms with Gasteiger partial charge in [-0.2, -0.15) is 0 Å². The Morgan fingerprint density at radius 2 is 1.07 bits per heavy atom. The van der Waals surface area contributed by atoms with E-state index in [0.717, 1.165) is 143 Å². The second-order valence-electron chi connectivity index (χ2n) is 23.2. The van der Waals surface area contributed by atoms with Crippen molar-refractivity contribution in [1.29, 1.82) is 0 Å². The predicted molar refractivity (Wildman–Crippen MR) is 376 cm³/mol. The first-order valence-corrected chi connectivity index (χ1v) is 30.9. The smallest absolute Gasteiger partial charge is 0.159 e. The molecule has 0 radical (unpaired) electrons. The van der Waals surface area contributed by atoms with E-state index in [0.29, 0.717) is 22.9 Å². The van der Waals surface area contributed by atoms with Crippen LogP contribution in [0.4, 0.5) is 22.7 Å². The Morgan fingerprint density at radius 1 is 0.539 bits per heavy atom. The Bertz CT molecular complexity index is 4910. The molecule has 0 amide bonds. The van der Waals surface area contributed by atoms with Crippen molar-refractivity contribution >= 4 is 83.0 Å². The van der Waals surface area contributed by atoms with Gasteiger partial charge in [-0.1, -0.05) is 261 Å². The molecule has 5 nitrogen and oxygen atoms in total. The molecule has 1 N–H and O–H groups in total. The van der Waals surface area contributed by atoms with Gasteiger partial charge < -0.3 is 23.7 Å². The lowest BCUT2D eigenvalue weighted by molar-refractivity contribution is 0.480. The second-order valence-corrected chi connectivity index (χ2v) is 23.2. The highest BCUT2D eigenvalue weighted by molar-refractivity contribution is 6.16. The molecular formula is C84H68N2O3. The van der Waals surface area contributed by atoms with Gasteiger partial charge in [0.1, 0.15) is 16.9 Å². The van der Waals surface area contributed by atoms with Crippen LogP contribution in [0.2, 0.25) is 0 Å². The molecule has 1 atom stereocenters. The lowest BCUT2D eigenvalue weighted by Crippen LogP contribution is -2.34. The van der Waals surface area contributed by atoms with Crippen LogP contribution < -0.4 is 9.80 Å². The number of unbranched alkanes of at least 4 members (excludes halogenated alkanes) is 1. The summed E-state index contributed by atoms with van der Waals surface area (Å²) in [7, 11) is 0. The molecular weight excluding hydrogens is 1080 g/mol. The first-order chi connectivity index (χ1) is 43.9. The minimum Gasteiger partial charge on any atom is -0.507 e. The first-order valence-electron chi connectivity index (χ1n) is 30.9. The topological polar surface area (TPSA) is 53.0 Å². The number of phenols is 1. The molecule has 14 rings (SSSR count). The van der Waals surface area contributed by atoms with Crippen LogP contribution in [-0.2, 0) is 0 Å². The quantitative estimate of drug-likeness (QED) is 0.0527. The molecule has 0 saturated carbocycles. The number of benzene rings is 10. The van der Waals surface area contributed by atoms with Gasteiger partial charge in [0.05, 0.1) is 28.8 Å². The van der Waals surface area contributed by atoms with E-state index in [2.05, 4.69) is 278 Å². The summed E-state index contributed by atoms with van der Waals surface area (Å²) >= 11 is 0. The number of furan rings is 2. The molecule has 1 unspecified atom stereocenters. The lowest BCUT2D eigenvalue weighted by atomic mass is 9.87. The molecule has 12 aromatic rings. The number of anilines is 4. The van der Waals surface area contributed by atoms with E-state index in [4.69, 9.17) is 15.4 Å². The number of phenolic OH excluding ortho intramolecular Hbond substituents is 1. The molecule has 2 aromatic heterocycles. The third-order valence-corrected chi connectivity index (χ3v) is 17.5. The van der Waals surface area contributed by atoms with Gasteiger partial charge in [-0.05, 0) is 115 Å². The zero-order valence-electron chi connectivity index (χ0n) is 50.0. The van der Waals surface area contributed by atoms with Crippen molar-refractivity contribution in [3.05, 3.63) is 326 Å². The summed E-state index contributed by atoms with van der Waals surface area (Å²) in [5.41, 5.74) is 19.4. The fourth-order valence-electron chi connectivity index (χ4n) is 13.2. The SMILES string of the molecule is C=CCC/C=C(/C)C/C(C=CN(c1cccc2c1oc1c(-c3ccccc3)cccc12)C1CC=CC=C1C1=CC=CCC1)=C\C(=C)c1cc(N(c2ccccc2-c2ccccc2)c2cccc3c2oc2c(-c4ccccc4)cccc23)c2ccccc2c1O. The van der Waals surface area contributed by atoms with Crippen LogP contribution in [0.25, 0.3) is 93.6 Å². The van der Waals surface area contributed by atoms with Gasteiger partial charge in [-0.3, -0.25) is 0 Å². The highest BCUT2D eigenvalue weighted by atomic mass is 16.3. The molecule has 432 valence electrons. The van der Waals surface area contributed by atoms with Gasteiger partial charge >= 0.3 is 0 Å². The largest absolute Gasteiger partial charge is 0.507 e. The van der Waals surface area contributed by atoms with Crippen LogP contribution in [0.3, 0.4) is 0 Å². The zero-order chi connectivity index (χ0) is 60.2. The van der Waals surface area contributed by atoms with Crippen LogP contribution in [0.15, 0.2) is 330 Å². The zero-order valence-corrected chi connectivity index (χ0v) is 50.0. The third-order valence-electron chi connectivity index (χ3n) is 17.5. The molecule has 2 heterocycles. The van der Waals surface area contributed by atoms with Crippen molar-refractivity contribution in [2.24, 2.45) is 0 Å². The molecule has 5 heteroatoms. The van der Waals surface area contributed by atoms with Gasteiger partial charge in [0.25, 0.3) is 0 Å². The van der Waals surface area contributed by atoms with Crippen LogP contribution in [-0.4, -0.2) is 11.1 Å². The Morgan fingerprint density at radius 3 is 1.71 bits per heavy atom. The number of fused-ring (bicyclic) bond motifs is 7. The summed E-state index contributed by atoms with van der Waals surface area (Å²) in [6.07, 6.45) is 29.6. The maximum absolute atomic E-state index is 12.9. The van der Waals surface area contributed by atoms with E-state index in [1.54, 1.807) is 0 Å². The van der Waals surface area contributed by atoms with Crippen LogP contribution in [0.1, 0.15) is 51.0 Å². The van der Waals surface area contributed by atoms with Crippen LogP contribution in [0, 0.1) is 0 Å². The van der Waals surface area contributed by atoms with Crippen molar-refractivity contribution < 1.29 is 13.9 Å². The van der Waals surface area contributed by atoms with Crippen molar-refractivity contribution in [3.8, 4) is 39.1 Å². The maximum Gasteiger partial charge on any atom is 0.159 e. The monoisotopic (exact) mass is 1150 g/mol. The van der Waals surface area contributed by atoms with Crippen LogP contribution in [0.5, 0.6) is 5.75 Å². The van der Waals surface area contributed by atoms with E-state index in [-0.39, 0.29) is 11.8 Å². The summed E-state index contributed by atoms with van der Waals surface area (Å²) in [6, 6.07) is 76.2. The van der Waals surface area contributed by atoms with Crippen molar-refractivity contribution in [1.82, 2.24) is 0 Å². The molecule has 0 bridgehead atoms. The summed E-state index contributed by atoms with van der Waals surface area (Å²) in [6.45, 7) is 11.1. The molecule has 0 saturated heterocycles. The Kier molecular flexibility index (Phi) is 15.6. The number of aromatic hydroxyl groups is 1. The standard InChI is InChI=1S/C84H68N2O3/c1-4-5-10-29-57(2)54-59(52-53-85(75-48-23-21-38-64(75)60-30-11-6-12-31-60)77-50-27-46-72-70-44-25-42-66(81(70)88-83(72)77)62-34-15-8-16-35-62)55-58(3)74-56-79(68-40-19-20-41-69(68)80(74)87)86(76-49-24-22-39-65(76)61-32-13-7-14-33-61)78-51-28-47-73-71-45-26-43-67(82(71)89-84(73)78)63-36-17-9-18-37-63/h4,6-9,11,13-30,32-47,49-53,55-56,75,87H,1,3,5,10,12,31,48,54H2,2H3/b53-52?,57-29-,59-55-. The molecule has 2 aliphatic rings. The van der Waals surface area contributed by atoms with Gasteiger partial charge in [0, 0.05) is 60.8 Å². The van der Waals surface area contributed by atoms with Crippen LogP contribution >= 0.6 is 0 Å². The Balaban J connectivity index is 0.955. The molecule has 0 fully saturated rings. The van der Waals surface area contributed by atoms with Gasteiger partial charge in [0.15, 0.2) is 11.2 Å². The van der Waals surface area contributed by atoms with E-state index in [1.165, 1.54) is 16.7 Å². The second kappa shape index (κ2) is 24.8. The molecule has 10 aromatic carbocycles. The molecule has 2 aliphatic carbocycles. The fourth-order valence-corrected chi connectivity index (χ4v) is 13.2. The van der Waals surface area contributed by atoms with Crippen molar-refractivity contribution in [2.45, 2.75) is 51.5 Å². The van der Waals surface area contributed by atoms with E-state index in [9.17, 15) is 5.11 Å². The normalized spacial score (nSPS) is 14.5. The predicted octanol–water partition coefficient (Wildman–Crippen LogP) is 23.6. The van der Waals surface area contributed by atoms with Crippen molar-refractivity contribution in [2.75, 3.05) is 9.80 Å². The highest BCUT2D eigenvalue weighted by Gasteiger charge is 2.30. The first kappa shape index (κ1) is 56.0. The molecule has 89 heavy (non-hydrogen) atoms. The van der Waals surface area contributed by atoms with Gasteiger partial charge in [-0.25, -0.2) is 0 Å². The number of para-hydroxylation sites is 5. The third kappa shape index (κ3) is 10.9. The summed E-state index contributed by atoms with van der Waals surface area (Å²) < 4.78 is 14.4. The number of rotatable bonds is 18. The summed E-state index contributed by atoms with van der Waals surface area (Å²) in [4.78, 5) is 4.76. The van der Waals surface area contributed by atoms with Gasteiger partial charge in [-0.15, -0.1) is 6.58 Å². The Labute approximate surface area is 520 Å². The average molecular weight is 1150 g/mol. The number of allylic oxidation sites excluding steroid dienone is 12. The van der Waals surface area contributed by atoms with E-state index < -0.39 is 0 Å². The lowest BCUT2D eigenvalue weighted by Gasteiger charge is -2.35. The number of hydrogen-bond acceptors (Lipinski definition) is 5. The highest BCUT2D eigenvalue weighted by Crippen LogP contribution is 2.51. The van der Waals surface area contributed by atoms with Crippen molar-refractivity contribution in [3.63, 3.8) is 0 Å². The van der Waals surface area contributed by atoms with E-state index >= 15 is 0 Å². The summed E-state index contributed by atoms with van der Waals surface area (Å²) in [5.74, 6) is 0.157.